The fraction of sp³-hybridized carbons (Fsp3) is 0.278. The monoisotopic (exact) mass is 404 g/mol. The van der Waals surface area contributed by atoms with Gasteiger partial charge in [-0.1, -0.05) is 11.8 Å². The SMILES string of the molecule is COC(=O)Nc1cn2nc(SCc3cc(OC)c(OC)c(OC)c3)ccc2n1. The van der Waals surface area contributed by atoms with E-state index < -0.39 is 6.09 Å². The zero-order valence-corrected chi connectivity index (χ0v) is 16.7. The number of benzene rings is 1. The minimum absolute atomic E-state index is 0.367. The number of aromatic nitrogens is 3. The highest BCUT2D eigenvalue weighted by Crippen LogP contribution is 2.39. The van der Waals surface area contributed by atoms with Crippen LogP contribution in [-0.2, 0) is 10.5 Å². The third-order valence-corrected chi connectivity index (χ3v) is 4.81. The van der Waals surface area contributed by atoms with E-state index in [0.717, 1.165) is 10.6 Å². The van der Waals surface area contributed by atoms with E-state index in [1.165, 1.54) is 7.11 Å². The van der Waals surface area contributed by atoms with Crippen molar-refractivity contribution < 1.29 is 23.7 Å². The van der Waals surface area contributed by atoms with Crippen molar-refractivity contribution in [3.63, 3.8) is 0 Å². The lowest BCUT2D eigenvalue weighted by molar-refractivity contribution is 0.187. The molecule has 3 rings (SSSR count). The average Bonchev–Trinajstić information content (AvgIpc) is 3.12. The lowest BCUT2D eigenvalue weighted by Gasteiger charge is -2.13. The number of ether oxygens (including phenoxy) is 4. The molecule has 2 heterocycles. The maximum Gasteiger partial charge on any atom is 0.412 e. The van der Waals surface area contributed by atoms with E-state index in [9.17, 15) is 4.79 Å². The van der Waals surface area contributed by atoms with Gasteiger partial charge in [-0.15, -0.1) is 0 Å². The number of methoxy groups -OCH3 is 4. The molecule has 9 nitrogen and oxygen atoms in total. The van der Waals surface area contributed by atoms with Crippen molar-refractivity contribution in [2.24, 2.45) is 0 Å². The van der Waals surface area contributed by atoms with Gasteiger partial charge in [0, 0.05) is 5.75 Å². The number of imidazole rings is 1. The van der Waals surface area contributed by atoms with Gasteiger partial charge >= 0.3 is 6.09 Å². The number of anilines is 1. The van der Waals surface area contributed by atoms with Gasteiger partial charge in [0.15, 0.2) is 23.0 Å². The van der Waals surface area contributed by atoms with Crippen molar-refractivity contribution in [2.75, 3.05) is 33.8 Å². The summed E-state index contributed by atoms with van der Waals surface area (Å²) in [5.41, 5.74) is 1.61. The van der Waals surface area contributed by atoms with Crippen molar-refractivity contribution in [2.45, 2.75) is 10.8 Å². The predicted octanol–water partition coefficient (Wildman–Crippen LogP) is 3.23. The number of nitrogens with zero attached hydrogens (tertiary/aromatic N) is 3. The van der Waals surface area contributed by atoms with Gasteiger partial charge in [0.1, 0.15) is 5.03 Å². The molecule has 0 aliphatic carbocycles. The number of hydrogen-bond donors (Lipinski definition) is 1. The van der Waals surface area contributed by atoms with E-state index in [4.69, 9.17) is 14.2 Å². The molecular formula is C18H20N4O5S. The summed E-state index contributed by atoms with van der Waals surface area (Å²) in [6.07, 6.45) is 1.04. The maximum absolute atomic E-state index is 11.3. The Labute approximate surface area is 165 Å². The average molecular weight is 404 g/mol. The van der Waals surface area contributed by atoms with Crippen LogP contribution < -0.4 is 19.5 Å². The van der Waals surface area contributed by atoms with Gasteiger partial charge < -0.3 is 18.9 Å². The van der Waals surface area contributed by atoms with Gasteiger partial charge in [-0.25, -0.2) is 14.3 Å². The first kappa shape index (κ1) is 19.6. The topological polar surface area (TPSA) is 96.2 Å². The van der Waals surface area contributed by atoms with Crippen LogP contribution in [0.5, 0.6) is 17.2 Å². The first-order valence-electron chi connectivity index (χ1n) is 8.21. The zero-order valence-electron chi connectivity index (χ0n) is 15.9. The van der Waals surface area contributed by atoms with Crippen LogP contribution in [0.3, 0.4) is 0 Å². The second-order valence-electron chi connectivity index (χ2n) is 5.54. The fourth-order valence-electron chi connectivity index (χ4n) is 2.53. The number of carbonyl (C=O) groups is 1. The first-order valence-corrected chi connectivity index (χ1v) is 9.19. The molecule has 0 unspecified atom stereocenters. The quantitative estimate of drug-likeness (QED) is 0.600. The molecule has 0 bridgehead atoms. The normalized spacial score (nSPS) is 10.6. The number of carbonyl (C=O) groups excluding carboxylic acids is 1. The van der Waals surface area contributed by atoms with Crippen LogP contribution in [0.1, 0.15) is 5.56 Å². The van der Waals surface area contributed by atoms with Gasteiger partial charge in [0.25, 0.3) is 0 Å². The second-order valence-corrected chi connectivity index (χ2v) is 6.53. The Bertz CT molecular complexity index is 966. The van der Waals surface area contributed by atoms with Gasteiger partial charge in [0.05, 0.1) is 34.6 Å². The predicted molar refractivity (Wildman–Crippen MR) is 105 cm³/mol. The Balaban J connectivity index is 1.77. The molecule has 1 aromatic carbocycles. The van der Waals surface area contributed by atoms with Gasteiger partial charge in [0.2, 0.25) is 5.75 Å². The molecule has 0 atom stereocenters. The third kappa shape index (κ3) is 4.22. The van der Waals surface area contributed by atoms with Gasteiger partial charge in [-0.05, 0) is 29.8 Å². The van der Waals surface area contributed by atoms with Gasteiger partial charge in [-0.2, -0.15) is 5.10 Å². The molecule has 10 heteroatoms. The van der Waals surface area contributed by atoms with Crippen molar-refractivity contribution in [3.05, 3.63) is 36.0 Å². The summed E-state index contributed by atoms with van der Waals surface area (Å²) in [5, 5.41) is 7.81. The molecule has 2 aromatic heterocycles. The highest BCUT2D eigenvalue weighted by atomic mass is 32.2. The molecule has 1 N–H and O–H groups in total. The Hall–Kier alpha value is -3.14. The van der Waals surface area contributed by atoms with E-state index in [-0.39, 0.29) is 0 Å². The lowest BCUT2D eigenvalue weighted by Crippen LogP contribution is -2.10. The van der Waals surface area contributed by atoms with Crippen LogP contribution in [0.2, 0.25) is 0 Å². The van der Waals surface area contributed by atoms with E-state index in [1.54, 1.807) is 43.8 Å². The number of nitrogens with one attached hydrogen (secondary N) is 1. The summed E-state index contributed by atoms with van der Waals surface area (Å²) in [6.45, 7) is 0. The number of amides is 1. The molecule has 0 aliphatic rings. The Morgan fingerprint density at radius 3 is 2.43 bits per heavy atom. The summed E-state index contributed by atoms with van der Waals surface area (Å²) in [4.78, 5) is 15.6. The maximum atomic E-state index is 11.3. The van der Waals surface area contributed by atoms with E-state index >= 15 is 0 Å². The van der Waals surface area contributed by atoms with Crippen molar-refractivity contribution in [3.8, 4) is 17.2 Å². The number of fused-ring (bicyclic) bond motifs is 1. The molecule has 0 aliphatic heterocycles. The van der Waals surface area contributed by atoms with Crippen LogP contribution in [0, 0.1) is 0 Å². The first-order chi connectivity index (χ1) is 13.6. The Morgan fingerprint density at radius 2 is 1.82 bits per heavy atom. The van der Waals surface area contributed by atoms with E-state index in [0.29, 0.717) is 34.5 Å². The summed E-state index contributed by atoms with van der Waals surface area (Å²) >= 11 is 1.54. The lowest BCUT2D eigenvalue weighted by atomic mass is 10.2. The van der Waals surface area contributed by atoms with Crippen LogP contribution in [0.25, 0.3) is 5.65 Å². The van der Waals surface area contributed by atoms with Crippen LogP contribution in [0.15, 0.2) is 35.5 Å². The van der Waals surface area contributed by atoms with Gasteiger partial charge in [-0.3, -0.25) is 5.32 Å². The van der Waals surface area contributed by atoms with Crippen molar-refractivity contribution >= 4 is 29.3 Å². The molecule has 28 heavy (non-hydrogen) atoms. The number of hydrogen-bond acceptors (Lipinski definition) is 8. The standard InChI is InChI=1S/C18H20N4O5S/c1-24-12-7-11(8-13(25-2)17(12)26-3)10-28-16-6-5-15-19-14(9-22(15)21-16)20-18(23)27-4/h5-9H,10H2,1-4H3,(H,20,23). The summed E-state index contributed by atoms with van der Waals surface area (Å²) < 4.78 is 22.3. The van der Waals surface area contributed by atoms with Crippen molar-refractivity contribution in [1.29, 1.82) is 0 Å². The molecule has 148 valence electrons. The minimum Gasteiger partial charge on any atom is -0.493 e. The highest BCUT2D eigenvalue weighted by Gasteiger charge is 2.14. The van der Waals surface area contributed by atoms with Crippen LogP contribution >= 0.6 is 11.8 Å². The Morgan fingerprint density at radius 1 is 1.11 bits per heavy atom. The molecule has 0 fully saturated rings. The molecule has 0 saturated heterocycles. The molecule has 0 saturated carbocycles. The summed E-state index contributed by atoms with van der Waals surface area (Å²) in [7, 11) is 6.04. The second kappa shape index (κ2) is 8.70. The van der Waals surface area contributed by atoms with E-state index in [1.807, 2.05) is 24.3 Å². The van der Waals surface area contributed by atoms with Crippen molar-refractivity contribution in [1.82, 2.24) is 14.6 Å². The molecule has 1 amide bonds. The number of rotatable bonds is 7. The van der Waals surface area contributed by atoms with Crippen LogP contribution in [0.4, 0.5) is 10.6 Å². The van der Waals surface area contributed by atoms with Crippen LogP contribution in [-0.4, -0.2) is 49.1 Å². The zero-order chi connectivity index (χ0) is 20.1. The van der Waals surface area contributed by atoms with E-state index in [2.05, 4.69) is 20.1 Å². The smallest absolute Gasteiger partial charge is 0.412 e. The summed E-state index contributed by atoms with van der Waals surface area (Å²) in [6, 6.07) is 7.50. The minimum atomic E-state index is -0.583. The largest absolute Gasteiger partial charge is 0.493 e. The molecule has 0 spiro atoms. The highest BCUT2D eigenvalue weighted by molar-refractivity contribution is 7.98. The summed E-state index contributed by atoms with van der Waals surface area (Å²) in [5.74, 6) is 2.79. The molecule has 0 radical (unpaired) electrons. The Kier molecular flexibility index (Phi) is 6.09. The molecular weight excluding hydrogens is 384 g/mol. The number of thioether (sulfide) groups is 1. The molecule has 3 aromatic rings. The fourth-order valence-corrected chi connectivity index (χ4v) is 3.32. The third-order valence-electron chi connectivity index (χ3n) is 3.82.